The zero-order valence-corrected chi connectivity index (χ0v) is 17.3. The second kappa shape index (κ2) is 9.66. The van der Waals surface area contributed by atoms with E-state index in [1.807, 2.05) is 42.5 Å². The molecule has 0 bridgehead atoms. The van der Waals surface area contributed by atoms with Crippen LogP contribution in [0.1, 0.15) is 47.5 Å². The van der Waals surface area contributed by atoms with Gasteiger partial charge in [-0.15, -0.1) is 0 Å². The van der Waals surface area contributed by atoms with Crippen molar-refractivity contribution < 1.29 is 9.59 Å². The molecule has 0 N–H and O–H groups in total. The molecule has 1 fully saturated rings. The van der Waals surface area contributed by atoms with E-state index in [0.717, 1.165) is 29.3 Å². The highest BCUT2D eigenvalue weighted by molar-refractivity contribution is 9.10. The summed E-state index contributed by atoms with van der Waals surface area (Å²) in [4.78, 5) is 27.8. The second-order valence-corrected chi connectivity index (χ2v) is 8.06. The number of hydrogen-bond donors (Lipinski definition) is 0. The van der Waals surface area contributed by atoms with Gasteiger partial charge in [0.2, 0.25) is 5.91 Å². The van der Waals surface area contributed by atoms with Crippen LogP contribution >= 0.6 is 15.9 Å². The third-order valence-electron chi connectivity index (χ3n) is 5.27. The molecule has 2 aromatic rings. The molecule has 2 atom stereocenters. The maximum Gasteiger partial charge on any atom is 0.240 e. The second-order valence-electron chi connectivity index (χ2n) is 7.14. The van der Waals surface area contributed by atoms with E-state index >= 15 is 0 Å². The molecular formula is C23H23BrN2O2. The highest BCUT2D eigenvalue weighted by Crippen LogP contribution is 2.32. The van der Waals surface area contributed by atoms with E-state index < -0.39 is 11.8 Å². The number of hydrogen-bond acceptors (Lipinski definition) is 3. The standard InChI is InChI=1S/C23H23BrN2O2/c24-19-11-9-17(10-12-19)20(15-22(27)18-7-3-1-4-8-18)21(16-25)23(28)26-13-5-2-6-14-26/h1,3-4,7-12,20-21H,2,5-6,13-15H2/t20-,21+/m0/s1. The number of carbonyl (C=O) groups is 2. The van der Waals surface area contributed by atoms with E-state index in [0.29, 0.717) is 18.7 Å². The van der Waals surface area contributed by atoms with E-state index in [-0.39, 0.29) is 18.1 Å². The van der Waals surface area contributed by atoms with E-state index in [2.05, 4.69) is 22.0 Å². The van der Waals surface area contributed by atoms with Crippen molar-refractivity contribution in [2.24, 2.45) is 5.92 Å². The molecule has 1 saturated heterocycles. The van der Waals surface area contributed by atoms with Gasteiger partial charge < -0.3 is 4.90 Å². The fourth-order valence-corrected chi connectivity index (χ4v) is 3.97. The summed E-state index contributed by atoms with van der Waals surface area (Å²) in [5.41, 5.74) is 1.44. The molecule has 1 heterocycles. The number of likely N-dealkylation sites (tertiary alicyclic amines) is 1. The van der Waals surface area contributed by atoms with Crippen molar-refractivity contribution in [3.63, 3.8) is 0 Å². The number of amides is 1. The summed E-state index contributed by atoms with van der Waals surface area (Å²) < 4.78 is 0.917. The number of Topliss-reactive ketones (excluding diaryl/α,β-unsaturated/α-hetero) is 1. The number of ketones is 1. The minimum atomic E-state index is -0.869. The Morgan fingerprint density at radius 3 is 2.25 bits per heavy atom. The number of nitrogens with zero attached hydrogens (tertiary/aromatic N) is 2. The van der Waals surface area contributed by atoms with Crippen LogP contribution in [0.3, 0.4) is 0 Å². The first-order chi connectivity index (χ1) is 13.6. The van der Waals surface area contributed by atoms with E-state index in [9.17, 15) is 14.9 Å². The molecule has 0 saturated carbocycles. The topological polar surface area (TPSA) is 61.2 Å². The Labute approximate surface area is 174 Å². The number of halogens is 1. The van der Waals surface area contributed by atoms with Gasteiger partial charge in [0.05, 0.1) is 6.07 Å². The van der Waals surface area contributed by atoms with E-state index in [1.165, 1.54) is 0 Å². The lowest BCUT2D eigenvalue weighted by atomic mass is 9.81. The summed E-state index contributed by atoms with van der Waals surface area (Å²) in [6.07, 6.45) is 3.18. The smallest absolute Gasteiger partial charge is 0.240 e. The third kappa shape index (κ3) is 4.88. The Morgan fingerprint density at radius 1 is 1.00 bits per heavy atom. The Hall–Kier alpha value is -2.45. The molecule has 2 aromatic carbocycles. The Kier molecular flexibility index (Phi) is 7.00. The summed E-state index contributed by atoms with van der Waals surface area (Å²) in [7, 11) is 0. The van der Waals surface area contributed by atoms with Crippen LogP contribution < -0.4 is 0 Å². The van der Waals surface area contributed by atoms with Crippen LogP contribution in [0.5, 0.6) is 0 Å². The van der Waals surface area contributed by atoms with Gasteiger partial charge in [-0.2, -0.15) is 5.26 Å². The SMILES string of the molecule is N#C[C@@H](C(=O)N1CCCCC1)[C@@H](CC(=O)c1ccccc1)c1ccc(Br)cc1. The summed E-state index contributed by atoms with van der Waals surface area (Å²) in [5, 5.41) is 9.88. The maximum absolute atomic E-state index is 13.1. The van der Waals surface area contributed by atoms with Gasteiger partial charge in [0.15, 0.2) is 5.78 Å². The lowest BCUT2D eigenvalue weighted by Gasteiger charge is -2.31. The molecule has 1 amide bonds. The third-order valence-corrected chi connectivity index (χ3v) is 5.80. The molecule has 0 unspecified atom stereocenters. The van der Waals surface area contributed by atoms with Gasteiger partial charge in [-0.05, 0) is 37.0 Å². The van der Waals surface area contributed by atoms with Crippen molar-refractivity contribution in [1.82, 2.24) is 4.90 Å². The van der Waals surface area contributed by atoms with Crippen LogP contribution in [0.4, 0.5) is 0 Å². The normalized spacial score (nSPS) is 16.1. The highest BCUT2D eigenvalue weighted by atomic mass is 79.9. The van der Waals surface area contributed by atoms with Gasteiger partial charge in [-0.25, -0.2) is 0 Å². The first-order valence-electron chi connectivity index (χ1n) is 9.62. The largest absolute Gasteiger partial charge is 0.342 e. The zero-order chi connectivity index (χ0) is 19.9. The van der Waals surface area contributed by atoms with Crippen molar-refractivity contribution in [3.8, 4) is 6.07 Å². The average molecular weight is 439 g/mol. The monoisotopic (exact) mass is 438 g/mol. The van der Waals surface area contributed by atoms with Crippen molar-refractivity contribution in [3.05, 3.63) is 70.2 Å². The maximum atomic E-state index is 13.1. The molecule has 0 aromatic heterocycles. The van der Waals surface area contributed by atoms with E-state index in [4.69, 9.17) is 0 Å². The van der Waals surface area contributed by atoms with Crippen LogP contribution in [0.25, 0.3) is 0 Å². The molecule has 1 aliphatic rings. The zero-order valence-electron chi connectivity index (χ0n) is 15.7. The van der Waals surface area contributed by atoms with Crippen LogP contribution in [-0.4, -0.2) is 29.7 Å². The lowest BCUT2D eigenvalue weighted by molar-refractivity contribution is -0.135. The van der Waals surface area contributed by atoms with Crippen LogP contribution in [0, 0.1) is 17.2 Å². The first kappa shape index (κ1) is 20.3. The van der Waals surface area contributed by atoms with Gasteiger partial charge in [-0.3, -0.25) is 9.59 Å². The summed E-state index contributed by atoms with van der Waals surface area (Å²) in [6, 6.07) is 18.8. The van der Waals surface area contributed by atoms with Gasteiger partial charge >= 0.3 is 0 Å². The molecule has 3 rings (SSSR count). The van der Waals surface area contributed by atoms with Gasteiger partial charge in [0, 0.05) is 35.5 Å². The van der Waals surface area contributed by atoms with Crippen LogP contribution in [0.15, 0.2) is 59.1 Å². The van der Waals surface area contributed by atoms with Crippen molar-refractivity contribution in [2.75, 3.05) is 13.1 Å². The Bertz CT molecular complexity index is 852. The summed E-state index contributed by atoms with van der Waals surface area (Å²) in [6.45, 7) is 1.38. The molecule has 144 valence electrons. The molecule has 0 radical (unpaired) electrons. The van der Waals surface area contributed by atoms with Crippen LogP contribution in [0.2, 0.25) is 0 Å². The fraction of sp³-hybridized carbons (Fsp3) is 0.348. The fourth-order valence-electron chi connectivity index (χ4n) is 3.71. The molecule has 0 aliphatic carbocycles. The number of carbonyl (C=O) groups excluding carboxylic acids is 2. The molecule has 0 spiro atoms. The Balaban J connectivity index is 1.90. The number of piperidine rings is 1. The lowest BCUT2D eigenvalue weighted by Crippen LogP contribution is -2.41. The van der Waals surface area contributed by atoms with Gasteiger partial charge in [0.1, 0.15) is 5.92 Å². The molecule has 5 heteroatoms. The number of benzene rings is 2. The number of nitriles is 1. The Morgan fingerprint density at radius 2 is 1.64 bits per heavy atom. The van der Waals surface area contributed by atoms with Crippen LogP contribution in [-0.2, 0) is 4.79 Å². The molecular weight excluding hydrogens is 416 g/mol. The molecule has 1 aliphatic heterocycles. The minimum absolute atomic E-state index is 0.0554. The predicted molar refractivity (Wildman–Crippen MR) is 112 cm³/mol. The predicted octanol–water partition coefficient (Wildman–Crippen LogP) is 4.96. The van der Waals surface area contributed by atoms with Crippen molar-refractivity contribution >= 4 is 27.6 Å². The first-order valence-corrected chi connectivity index (χ1v) is 10.4. The van der Waals surface area contributed by atoms with Crippen molar-refractivity contribution in [1.29, 1.82) is 5.26 Å². The molecule has 28 heavy (non-hydrogen) atoms. The highest BCUT2D eigenvalue weighted by Gasteiger charge is 2.35. The number of rotatable bonds is 6. The molecule has 4 nitrogen and oxygen atoms in total. The minimum Gasteiger partial charge on any atom is -0.342 e. The summed E-state index contributed by atoms with van der Waals surface area (Å²) >= 11 is 3.42. The van der Waals surface area contributed by atoms with Gasteiger partial charge in [-0.1, -0.05) is 58.4 Å². The average Bonchev–Trinajstić information content (AvgIpc) is 2.75. The van der Waals surface area contributed by atoms with Gasteiger partial charge in [0.25, 0.3) is 0 Å². The quantitative estimate of drug-likeness (QED) is 0.598. The van der Waals surface area contributed by atoms with Crippen molar-refractivity contribution in [2.45, 2.75) is 31.6 Å². The van der Waals surface area contributed by atoms with E-state index in [1.54, 1.807) is 17.0 Å². The summed E-state index contributed by atoms with van der Waals surface area (Å²) in [5.74, 6) is -1.55.